The largest absolute Gasteiger partial charge is 0.493 e. The topological polar surface area (TPSA) is 97.3 Å². The first-order valence-electron chi connectivity index (χ1n) is 10.5. The molecule has 0 fully saturated rings. The zero-order chi connectivity index (χ0) is 27.2. The Hall–Kier alpha value is -4.13. The molecule has 1 amide bonds. The standard InChI is InChI=1S/C24H21F4N3O5S/c1-35-21-12-11-19(13-22(21)36-2)37(33,34)31(18-9-7-17(25)8-10-18)15-23(32)30-29-14-16-5-3-4-6-20(16)24(26,27)28/h3-14H,15H2,1-2H3,(H,30,32)/b29-14-. The van der Waals surface area contributed by atoms with Gasteiger partial charge in [-0.05, 0) is 42.5 Å². The number of carbonyl (C=O) groups excluding carboxylic acids is 1. The van der Waals surface area contributed by atoms with E-state index in [4.69, 9.17) is 9.47 Å². The molecule has 0 heterocycles. The van der Waals surface area contributed by atoms with E-state index in [1.54, 1.807) is 0 Å². The number of anilines is 1. The number of carbonyl (C=O) groups is 1. The number of hydrogen-bond acceptors (Lipinski definition) is 6. The van der Waals surface area contributed by atoms with E-state index in [9.17, 15) is 30.8 Å². The molecule has 3 aromatic rings. The van der Waals surface area contributed by atoms with E-state index in [1.807, 2.05) is 5.43 Å². The number of hydrogen-bond donors (Lipinski definition) is 1. The molecule has 0 atom stereocenters. The zero-order valence-electron chi connectivity index (χ0n) is 19.5. The highest BCUT2D eigenvalue weighted by Gasteiger charge is 2.32. The van der Waals surface area contributed by atoms with E-state index < -0.39 is 40.0 Å². The fourth-order valence-electron chi connectivity index (χ4n) is 3.23. The van der Waals surface area contributed by atoms with E-state index in [0.29, 0.717) is 4.31 Å². The summed E-state index contributed by atoms with van der Waals surface area (Å²) in [7, 11) is -1.73. The van der Waals surface area contributed by atoms with Crippen LogP contribution in [0.15, 0.2) is 76.7 Å². The maximum Gasteiger partial charge on any atom is 0.417 e. The second-order valence-electron chi connectivity index (χ2n) is 7.38. The van der Waals surface area contributed by atoms with Crippen LogP contribution in [0, 0.1) is 5.82 Å². The Kier molecular flexibility index (Phi) is 8.38. The summed E-state index contributed by atoms with van der Waals surface area (Å²) in [5, 5.41) is 3.54. The predicted molar refractivity (Wildman–Crippen MR) is 128 cm³/mol. The van der Waals surface area contributed by atoms with Crippen molar-refractivity contribution < 1.29 is 40.2 Å². The lowest BCUT2D eigenvalue weighted by Crippen LogP contribution is -2.39. The summed E-state index contributed by atoms with van der Waals surface area (Å²) in [5.41, 5.74) is 0.717. The summed E-state index contributed by atoms with van der Waals surface area (Å²) < 4.78 is 90.8. The third kappa shape index (κ3) is 6.55. The molecule has 1 N–H and O–H groups in total. The van der Waals surface area contributed by atoms with Gasteiger partial charge in [0, 0.05) is 11.6 Å². The third-order valence-electron chi connectivity index (χ3n) is 5.00. The number of halogens is 4. The lowest BCUT2D eigenvalue weighted by molar-refractivity contribution is -0.137. The number of nitrogens with one attached hydrogen (secondary N) is 1. The van der Waals surface area contributed by atoms with Gasteiger partial charge in [-0.2, -0.15) is 18.3 Å². The monoisotopic (exact) mass is 539 g/mol. The fourth-order valence-corrected chi connectivity index (χ4v) is 4.67. The number of nitrogens with zero attached hydrogens (tertiary/aromatic N) is 2. The van der Waals surface area contributed by atoms with Gasteiger partial charge in [0.05, 0.1) is 36.6 Å². The Balaban J connectivity index is 1.90. The van der Waals surface area contributed by atoms with Gasteiger partial charge in [0.25, 0.3) is 15.9 Å². The van der Waals surface area contributed by atoms with Crippen molar-refractivity contribution in [2.45, 2.75) is 11.1 Å². The minimum Gasteiger partial charge on any atom is -0.493 e. The van der Waals surface area contributed by atoms with Crippen LogP contribution in [0.1, 0.15) is 11.1 Å². The molecule has 0 aliphatic heterocycles. The lowest BCUT2D eigenvalue weighted by atomic mass is 10.1. The molecule has 0 radical (unpaired) electrons. The third-order valence-corrected chi connectivity index (χ3v) is 6.77. The Morgan fingerprint density at radius 1 is 1.00 bits per heavy atom. The second kappa shape index (κ2) is 11.3. The molecular formula is C24H21F4N3O5S. The minimum atomic E-state index is -4.64. The van der Waals surface area contributed by atoms with Crippen molar-refractivity contribution in [2.75, 3.05) is 25.1 Å². The van der Waals surface area contributed by atoms with Gasteiger partial charge < -0.3 is 9.47 Å². The Morgan fingerprint density at radius 3 is 2.27 bits per heavy atom. The smallest absolute Gasteiger partial charge is 0.417 e. The summed E-state index contributed by atoms with van der Waals surface area (Å²) >= 11 is 0. The predicted octanol–water partition coefficient (Wildman–Crippen LogP) is 4.21. The average Bonchev–Trinajstić information content (AvgIpc) is 2.87. The van der Waals surface area contributed by atoms with Gasteiger partial charge >= 0.3 is 6.18 Å². The fraction of sp³-hybridized carbons (Fsp3) is 0.167. The minimum absolute atomic E-state index is 0.0438. The molecule has 0 bridgehead atoms. The number of ether oxygens (including phenoxy) is 2. The SMILES string of the molecule is COc1ccc(S(=O)(=O)N(CC(=O)N/N=C\c2ccccc2C(F)(F)F)c2ccc(F)cc2)cc1OC. The van der Waals surface area contributed by atoms with Gasteiger partial charge in [0.15, 0.2) is 11.5 Å². The van der Waals surface area contributed by atoms with Crippen molar-refractivity contribution in [1.82, 2.24) is 5.43 Å². The van der Waals surface area contributed by atoms with Crippen LogP contribution in [-0.2, 0) is 21.0 Å². The summed E-state index contributed by atoms with van der Waals surface area (Å²) in [6, 6.07) is 12.7. The van der Waals surface area contributed by atoms with Crippen molar-refractivity contribution >= 4 is 27.8 Å². The number of hydrazone groups is 1. The van der Waals surface area contributed by atoms with Gasteiger partial charge in [-0.1, -0.05) is 18.2 Å². The van der Waals surface area contributed by atoms with Crippen molar-refractivity contribution in [2.24, 2.45) is 5.10 Å². The maximum absolute atomic E-state index is 13.5. The first-order valence-corrected chi connectivity index (χ1v) is 11.9. The van der Waals surface area contributed by atoms with Crippen LogP contribution in [0.3, 0.4) is 0 Å². The molecule has 0 aliphatic carbocycles. The zero-order valence-corrected chi connectivity index (χ0v) is 20.3. The second-order valence-corrected chi connectivity index (χ2v) is 9.25. The highest BCUT2D eigenvalue weighted by molar-refractivity contribution is 7.92. The number of methoxy groups -OCH3 is 2. The van der Waals surface area contributed by atoms with Crippen molar-refractivity contribution in [1.29, 1.82) is 0 Å². The Bertz CT molecular complexity index is 1390. The van der Waals surface area contributed by atoms with E-state index in [0.717, 1.165) is 42.6 Å². The van der Waals surface area contributed by atoms with Crippen LogP contribution >= 0.6 is 0 Å². The summed E-state index contributed by atoms with van der Waals surface area (Å²) in [5.74, 6) is -1.22. The highest BCUT2D eigenvalue weighted by Crippen LogP contribution is 2.33. The number of rotatable bonds is 9. The van der Waals surface area contributed by atoms with Crippen LogP contribution in [0.4, 0.5) is 23.2 Å². The van der Waals surface area contributed by atoms with E-state index in [2.05, 4.69) is 5.10 Å². The molecular weight excluding hydrogens is 518 g/mol. The van der Waals surface area contributed by atoms with Crippen LogP contribution in [0.25, 0.3) is 0 Å². The molecule has 37 heavy (non-hydrogen) atoms. The maximum atomic E-state index is 13.5. The first-order chi connectivity index (χ1) is 17.5. The van der Waals surface area contributed by atoms with Crippen molar-refractivity contribution in [3.05, 3.63) is 83.7 Å². The molecule has 0 saturated carbocycles. The lowest BCUT2D eigenvalue weighted by Gasteiger charge is -2.24. The molecule has 0 spiro atoms. The number of sulfonamides is 1. The van der Waals surface area contributed by atoms with E-state index >= 15 is 0 Å². The van der Waals surface area contributed by atoms with Crippen LogP contribution in [0.2, 0.25) is 0 Å². The highest BCUT2D eigenvalue weighted by atomic mass is 32.2. The molecule has 0 saturated heterocycles. The van der Waals surface area contributed by atoms with Gasteiger partial charge in [0.2, 0.25) is 0 Å². The van der Waals surface area contributed by atoms with Crippen LogP contribution < -0.4 is 19.2 Å². The van der Waals surface area contributed by atoms with E-state index in [1.165, 1.54) is 44.6 Å². The molecule has 13 heteroatoms. The molecule has 8 nitrogen and oxygen atoms in total. The average molecular weight is 540 g/mol. The van der Waals surface area contributed by atoms with Gasteiger partial charge in [-0.15, -0.1) is 0 Å². The van der Waals surface area contributed by atoms with E-state index in [-0.39, 0.29) is 27.6 Å². The quantitative estimate of drug-likeness (QED) is 0.250. The van der Waals surface area contributed by atoms with Gasteiger partial charge in [0.1, 0.15) is 12.4 Å². The first kappa shape index (κ1) is 27.5. The molecule has 0 aliphatic rings. The number of alkyl halides is 3. The number of amides is 1. The van der Waals surface area contributed by atoms with Gasteiger partial charge in [-0.25, -0.2) is 18.2 Å². The normalized spacial score (nSPS) is 11.8. The Labute approximate surface area is 210 Å². The summed E-state index contributed by atoms with van der Waals surface area (Å²) in [6.45, 7) is -0.819. The summed E-state index contributed by atoms with van der Waals surface area (Å²) in [6.07, 6.45) is -3.84. The number of benzene rings is 3. The summed E-state index contributed by atoms with van der Waals surface area (Å²) in [4.78, 5) is 12.3. The van der Waals surface area contributed by atoms with Crippen molar-refractivity contribution in [3.8, 4) is 11.5 Å². The molecule has 0 aromatic heterocycles. The van der Waals surface area contributed by atoms with Gasteiger partial charge in [-0.3, -0.25) is 9.10 Å². The molecule has 3 aromatic carbocycles. The molecule has 196 valence electrons. The van der Waals surface area contributed by atoms with Crippen LogP contribution in [0.5, 0.6) is 11.5 Å². The molecule has 0 unspecified atom stereocenters. The van der Waals surface area contributed by atoms with Crippen molar-refractivity contribution in [3.63, 3.8) is 0 Å². The Morgan fingerprint density at radius 2 is 1.65 bits per heavy atom. The van der Waals surface area contributed by atoms with Crippen LogP contribution in [-0.4, -0.2) is 41.3 Å². The molecule has 3 rings (SSSR count).